The second-order valence-electron chi connectivity index (χ2n) is 4.96. The van der Waals surface area contributed by atoms with E-state index in [4.69, 9.17) is 10.9 Å². The average molecular weight is 335 g/mol. The zero-order valence-electron chi connectivity index (χ0n) is 11.0. The van der Waals surface area contributed by atoms with Crippen LogP contribution < -0.4 is 10.9 Å². The number of nitrogen functional groups attached to an aromatic ring is 1. The number of hydrogen-bond donors (Lipinski definition) is 2. The van der Waals surface area contributed by atoms with E-state index < -0.39 is 10.0 Å². The number of primary sulfonamides is 1. The molecule has 0 unspecified atom stereocenters. The third-order valence-electron chi connectivity index (χ3n) is 2.84. The molecule has 0 aliphatic heterocycles. The van der Waals surface area contributed by atoms with E-state index in [0.29, 0.717) is 11.3 Å². The minimum Gasteiger partial charge on any atom is -0.398 e. The quantitative estimate of drug-likeness (QED) is 0.833. The molecule has 4 N–H and O–H groups in total. The Bertz CT molecular complexity index is 566. The number of benzene rings is 1. The van der Waals surface area contributed by atoms with E-state index in [-0.39, 0.29) is 16.7 Å². The highest BCUT2D eigenvalue weighted by atomic mass is 79.9. The van der Waals surface area contributed by atoms with Crippen molar-refractivity contribution < 1.29 is 8.42 Å². The van der Waals surface area contributed by atoms with Gasteiger partial charge in [0.05, 0.1) is 10.6 Å². The van der Waals surface area contributed by atoms with Crippen LogP contribution in [0.25, 0.3) is 0 Å². The van der Waals surface area contributed by atoms with Crippen LogP contribution in [-0.2, 0) is 10.0 Å². The van der Waals surface area contributed by atoms with Crippen molar-refractivity contribution >= 4 is 31.6 Å². The van der Waals surface area contributed by atoms with Gasteiger partial charge in [-0.3, -0.25) is 0 Å². The molecule has 0 bridgehead atoms. The van der Waals surface area contributed by atoms with Crippen molar-refractivity contribution in [3.8, 4) is 0 Å². The first-order chi connectivity index (χ1) is 8.07. The van der Waals surface area contributed by atoms with E-state index in [1.165, 1.54) is 0 Å². The topological polar surface area (TPSA) is 86.2 Å². The summed E-state index contributed by atoms with van der Waals surface area (Å²) in [6.07, 6.45) is 0. The normalized spacial score (nSPS) is 12.4. The molecule has 0 saturated carbocycles. The lowest BCUT2D eigenvalue weighted by atomic mass is 9.95. The van der Waals surface area contributed by atoms with Gasteiger partial charge >= 0.3 is 0 Å². The first-order valence-corrected chi connectivity index (χ1v) is 8.05. The number of rotatable bonds is 3. The third-order valence-corrected chi connectivity index (χ3v) is 4.67. The van der Waals surface area contributed by atoms with Crippen molar-refractivity contribution in [3.05, 3.63) is 21.7 Å². The standard InChI is InChI=1S/C12H19BrN2O2S/c1-6(2)8-5-9(18(15,16)17)10(7(3)4)12(14)11(8)13/h5-7H,14H2,1-4H3,(H2,15,16,17). The van der Waals surface area contributed by atoms with Gasteiger partial charge in [-0.1, -0.05) is 27.7 Å². The van der Waals surface area contributed by atoms with E-state index in [0.717, 1.165) is 10.0 Å². The lowest BCUT2D eigenvalue weighted by Crippen LogP contribution is -2.17. The summed E-state index contributed by atoms with van der Waals surface area (Å²) in [6.45, 7) is 7.73. The summed E-state index contributed by atoms with van der Waals surface area (Å²) in [5.41, 5.74) is 7.94. The Hall–Kier alpha value is -0.590. The van der Waals surface area contributed by atoms with E-state index >= 15 is 0 Å². The third kappa shape index (κ3) is 2.87. The Morgan fingerprint density at radius 1 is 1.17 bits per heavy atom. The van der Waals surface area contributed by atoms with Gasteiger partial charge in [0, 0.05) is 4.47 Å². The molecule has 0 radical (unpaired) electrons. The molecule has 0 amide bonds. The maximum absolute atomic E-state index is 11.7. The Labute approximate surface area is 117 Å². The predicted octanol–water partition coefficient (Wildman–Crippen LogP) is 2.93. The molecule has 4 nitrogen and oxygen atoms in total. The zero-order valence-corrected chi connectivity index (χ0v) is 13.4. The first kappa shape index (κ1) is 15.5. The zero-order chi connectivity index (χ0) is 14.2. The van der Waals surface area contributed by atoms with Crippen LogP contribution in [0.3, 0.4) is 0 Å². The van der Waals surface area contributed by atoms with Gasteiger partial charge in [-0.2, -0.15) is 0 Å². The molecule has 0 aliphatic carbocycles. The largest absolute Gasteiger partial charge is 0.398 e. The van der Waals surface area contributed by atoms with Gasteiger partial charge < -0.3 is 5.73 Å². The summed E-state index contributed by atoms with van der Waals surface area (Å²) >= 11 is 3.44. The van der Waals surface area contributed by atoms with Crippen molar-refractivity contribution in [2.24, 2.45) is 5.14 Å². The first-order valence-electron chi connectivity index (χ1n) is 5.71. The fourth-order valence-corrected chi connectivity index (χ4v) is 3.67. The van der Waals surface area contributed by atoms with Crippen LogP contribution in [0, 0.1) is 0 Å². The number of hydrogen-bond acceptors (Lipinski definition) is 3. The van der Waals surface area contributed by atoms with Crippen molar-refractivity contribution in [3.63, 3.8) is 0 Å². The summed E-state index contributed by atoms with van der Waals surface area (Å²) in [4.78, 5) is 0.127. The Balaban J connectivity index is 3.79. The fraction of sp³-hybridized carbons (Fsp3) is 0.500. The Morgan fingerprint density at radius 2 is 1.67 bits per heavy atom. The van der Waals surface area contributed by atoms with Crippen molar-refractivity contribution in [2.75, 3.05) is 5.73 Å². The van der Waals surface area contributed by atoms with Gasteiger partial charge in [0.2, 0.25) is 10.0 Å². The van der Waals surface area contributed by atoms with Crippen LogP contribution in [0.4, 0.5) is 5.69 Å². The summed E-state index contributed by atoms with van der Waals surface area (Å²) in [6, 6.07) is 1.62. The summed E-state index contributed by atoms with van der Waals surface area (Å²) in [5.74, 6) is 0.138. The highest BCUT2D eigenvalue weighted by Gasteiger charge is 2.23. The van der Waals surface area contributed by atoms with Crippen LogP contribution in [0.15, 0.2) is 15.4 Å². The lowest BCUT2D eigenvalue weighted by molar-refractivity contribution is 0.595. The second kappa shape index (κ2) is 5.19. The van der Waals surface area contributed by atoms with E-state index in [1.807, 2.05) is 27.7 Å². The SMILES string of the molecule is CC(C)c1cc(S(N)(=O)=O)c(C(C)C)c(N)c1Br. The van der Waals surface area contributed by atoms with Crippen LogP contribution in [-0.4, -0.2) is 8.42 Å². The summed E-state index contributed by atoms with van der Waals surface area (Å²) in [7, 11) is -3.77. The lowest BCUT2D eigenvalue weighted by Gasteiger charge is -2.20. The second-order valence-corrected chi connectivity index (χ2v) is 7.28. The Morgan fingerprint density at radius 3 is 2.00 bits per heavy atom. The number of anilines is 1. The molecule has 102 valence electrons. The molecule has 18 heavy (non-hydrogen) atoms. The molecule has 0 spiro atoms. The minimum atomic E-state index is -3.77. The van der Waals surface area contributed by atoms with Crippen molar-refractivity contribution in [1.29, 1.82) is 0 Å². The minimum absolute atomic E-state index is 0.0177. The molecule has 1 rings (SSSR count). The van der Waals surface area contributed by atoms with Crippen LogP contribution in [0.2, 0.25) is 0 Å². The van der Waals surface area contributed by atoms with Crippen molar-refractivity contribution in [1.82, 2.24) is 0 Å². The van der Waals surface area contributed by atoms with E-state index in [1.54, 1.807) is 6.07 Å². The predicted molar refractivity (Wildman–Crippen MR) is 78.1 cm³/mol. The van der Waals surface area contributed by atoms with Crippen LogP contribution >= 0.6 is 15.9 Å². The van der Waals surface area contributed by atoms with Gasteiger partial charge in [0.25, 0.3) is 0 Å². The summed E-state index contributed by atoms with van der Waals surface area (Å²) in [5, 5.41) is 5.28. The highest BCUT2D eigenvalue weighted by molar-refractivity contribution is 9.10. The molecule has 0 aliphatic rings. The van der Waals surface area contributed by atoms with Gasteiger partial charge in [-0.05, 0) is 45.0 Å². The molecule has 6 heteroatoms. The molecule has 1 aromatic carbocycles. The maximum atomic E-state index is 11.7. The van der Waals surface area contributed by atoms with Gasteiger partial charge in [0.1, 0.15) is 0 Å². The Kier molecular flexibility index (Phi) is 4.46. The number of nitrogens with two attached hydrogens (primary N) is 2. The molecular formula is C12H19BrN2O2S. The molecule has 0 heterocycles. The van der Waals surface area contributed by atoms with Crippen molar-refractivity contribution in [2.45, 2.75) is 44.4 Å². The molecule has 0 saturated heterocycles. The summed E-state index contributed by atoms with van der Waals surface area (Å²) < 4.78 is 24.2. The monoisotopic (exact) mass is 334 g/mol. The van der Waals surface area contributed by atoms with Gasteiger partial charge in [-0.25, -0.2) is 13.6 Å². The average Bonchev–Trinajstić information content (AvgIpc) is 2.18. The highest BCUT2D eigenvalue weighted by Crippen LogP contribution is 2.39. The molecule has 0 atom stereocenters. The number of halogens is 1. The fourth-order valence-electron chi connectivity index (χ4n) is 1.94. The molecule has 0 fully saturated rings. The van der Waals surface area contributed by atoms with Gasteiger partial charge in [0.15, 0.2) is 0 Å². The van der Waals surface area contributed by atoms with Gasteiger partial charge in [-0.15, -0.1) is 0 Å². The van der Waals surface area contributed by atoms with Crippen LogP contribution in [0.5, 0.6) is 0 Å². The molecule has 1 aromatic rings. The van der Waals surface area contributed by atoms with E-state index in [9.17, 15) is 8.42 Å². The number of sulfonamides is 1. The van der Waals surface area contributed by atoms with Crippen LogP contribution in [0.1, 0.15) is 50.7 Å². The molecule has 0 aromatic heterocycles. The smallest absolute Gasteiger partial charge is 0.238 e. The van der Waals surface area contributed by atoms with E-state index in [2.05, 4.69) is 15.9 Å². The maximum Gasteiger partial charge on any atom is 0.238 e. The molecular weight excluding hydrogens is 316 g/mol.